The van der Waals surface area contributed by atoms with Crippen molar-refractivity contribution in [3.8, 4) is 0 Å². The molecule has 0 aromatic heterocycles. The van der Waals surface area contributed by atoms with Gasteiger partial charge in [-0.1, -0.05) is 39.7 Å². The van der Waals surface area contributed by atoms with Crippen LogP contribution in [0.3, 0.4) is 0 Å². The number of carbonyl (C=O) groups is 1. The van der Waals surface area contributed by atoms with Gasteiger partial charge in [0.05, 0.1) is 12.1 Å². The molecular weight excluding hydrogens is 361 g/mol. The summed E-state index contributed by atoms with van der Waals surface area (Å²) in [5.41, 5.74) is 1.24. The Labute approximate surface area is 135 Å². The van der Waals surface area contributed by atoms with Crippen molar-refractivity contribution in [2.75, 3.05) is 12.4 Å². The fourth-order valence-corrected chi connectivity index (χ4v) is 2.42. The molecule has 0 fully saturated rings. The molecule has 0 aliphatic rings. The van der Waals surface area contributed by atoms with Gasteiger partial charge in [-0.15, -0.1) is 0 Å². The summed E-state index contributed by atoms with van der Waals surface area (Å²) >= 11 is 9.13. The Balaban J connectivity index is 2.34. The van der Waals surface area contributed by atoms with Crippen LogP contribution in [0.5, 0.6) is 0 Å². The molecule has 0 bridgehead atoms. The van der Waals surface area contributed by atoms with Crippen LogP contribution in [0.25, 0.3) is 0 Å². The van der Waals surface area contributed by atoms with E-state index in [-0.39, 0.29) is 5.02 Å². The predicted molar refractivity (Wildman–Crippen MR) is 83.9 cm³/mol. The number of carbonyl (C=O) groups excluding carboxylic acids is 1. The van der Waals surface area contributed by atoms with Gasteiger partial charge >= 0.3 is 5.97 Å². The van der Waals surface area contributed by atoms with E-state index in [0.29, 0.717) is 5.56 Å². The zero-order valence-electron chi connectivity index (χ0n) is 11.1. The summed E-state index contributed by atoms with van der Waals surface area (Å²) < 4.78 is 18.9. The van der Waals surface area contributed by atoms with Crippen LogP contribution >= 0.6 is 27.5 Å². The van der Waals surface area contributed by atoms with E-state index in [2.05, 4.69) is 21.2 Å². The third-order valence-electron chi connectivity index (χ3n) is 2.85. The Kier molecular flexibility index (Phi) is 5.20. The molecule has 0 aliphatic heterocycles. The Bertz CT molecular complexity index is 666. The molecule has 0 heterocycles. The number of methoxy groups -OCH3 is 1. The number of nitrogens with one attached hydrogen (secondary N) is 1. The van der Waals surface area contributed by atoms with Crippen LogP contribution in [0.4, 0.5) is 10.1 Å². The van der Waals surface area contributed by atoms with Gasteiger partial charge in [-0.25, -0.2) is 9.18 Å². The monoisotopic (exact) mass is 371 g/mol. The molecule has 0 aliphatic carbocycles. The molecule has 0 spiro atoms. The van der Waals surface area contributed by atoms with Crippen LogP contribution in [0.2, 0.25) is 5.02 Å². The first-order valence-corrected chi connectivity index (χ1v) is 7.23. The lowest BCUT2D eigenvalue weighted by molar-refractivity contribution is -0.141. The molecule has 3 nitrogen and oxygen atoms in total. The third kappa shape index (κ3) is 3.95. The van der Waals surface area contributed by atoms with Crippen molar-refractivity contribution in [1.82, 2.24) is 0 Å². The predicted octanol–water partition coefficient (Wildman–Crippen LogP) is 4.57. The molecule has 2 rings (SSSR count). The van der Waals surface area contributed by atoms with Crippen molar-refractivity contribution in [3.63, 3.8) is 0 Å². The Morgan fingerprint density at radius 3 is 2.71 bits per heavy atom. The lowest BCUT2D eigenvalue weighted by atomic mass is 10.1. The van der Waals surface area contributed by atoms with Gasteiger partial charge in [-0.2, -0.15) is 0 Å². The van der Waals surface area contributed by atoms with Gasteiger partial charge in [0.25, 0.3) is 0 Å². The molecule has 0 saturated heterocycles. The average molecular weight is 373 g/mol. The molecule has 6 heteroatoms. The number of anilines is 1. The van der Waals surface area contributed by atoms with Crippen molar-refractivity contribution >= 4 is 39.2 Å². The van der Waals surface area contributed by atoms with Crippen LogP contribution in [-0.2, 0) is 9.53 Å². The molecule has 0 radical (unpaired) electrons. The van der Waals surface area contributed by atoms with E-state index in [9.17, 15) is 9.18 Å². The molecule has 2 aromatic rings. The lowest BCUT2D eigenvalue weighted by Gasteiger charge is -2.18. The normalized spacial score (nSPS) is 11.8. The fourth-order valence-electron chi connectivity index (χ4n) is 1.83. The molecule has 110 valence electrons. The standard InChI is InChI=1S/C15H12BrClFNO2/c1-21-15(20)14(9-5-6-13(18)12(17)7-9)19-11-4-2-3-10(16)8-11/h2-8,14,19H,1H3. The smallest absolute Gasteiger partial charge is 0.332 e. The number of halogens is 3. The lowest BCUT2D eigenvalue weighted by Crippen LogP contribution is -2.22. The van der Waals surface area contributed by atoms with Gasteiger partial charge in [-0.3, -0.25) is 0 Å². The zero-order valence-corrected chi connectivity index (χ0v) is 13.4. The van der Waals surface area contributed by atoms with Gasteiger partial charge in [0.15, 0.2) is 6.04 Å². The van der Waals surface area contributed by atoms with E-state index in [1.165, 1.54) is 25.3 Å². The molecule has 0 amide bonds. The highest BCUT2D eigenvalue weighted by atomic mass is 79.9. The molecule has 0 saturated carbocycles. The Hall–Kier alpha value is -1.59. The third-order valence-corrected chi connectivity index (χ3v) is 3.63. The van der Waals surface area contributed by atoms with Crippen molar-refractivity contribution < 1.29 is 13.9 Å². The molecule has 21 heavy (non-hydrogen) atoms. The number of esters is 1. The van der Waals surface area contributed by atoms with Gasteiger partial charge in [0.2, 0.25) is 0 Å². The summed E-state index contributed by atoms with van der Waals surface area (Å²) in [5, 5.41) is 3.00. The van der Waals surface area contributed by atoms with E-state index in [1.807, 2.05) is 24.3 Å². The fraction of sp³-hybridized carbons (Fsp3) is 0.133. The van der Waals surface area contributed by atoms with Crippen LogP contribution < -0.4 is 5.32 Å². The second-order valence-electron chi connectivity index (χ2n) is 4.28. The van der Waals surface area contributed by atoms with Crippen molar-refractivity contribution in [2.45, 2.75) is 6.04 Å². The molecular formula is C15H12BrClFNO2. The number of ether oxygens (including phenoxy) is 1. The maximum Gasteiger partial charge on any atom is 0.332 e. The molecule has 2 aromatic carbocycles. The van der Waals surface area contributed by atoms with Gasteiger partial charge in [-0.05, 0) is 35.9 Å². The number of hydrogen-bond donors (Lipinski definition) is 1. The van der Waals surface area contributed by atoms with E-state index < -0.39 is 17.8 Å². The Morgan fingerprint density at radius 1 is 1.33 bits per heavy atom. The minimum Gasteiger partial charge on any atom is -0.467 e. The second kappa shape index (κ2) is 6.91. The van der Waals surface area contributed by atoms with Gasteiger partial charge in [0.1, 0.15) is 5.82 Å². The zero-order chi connectivity index (χ0) is 15.4. The highest BCUT2D eigenvalue weighted by Crippen LogP contribution is 2.26. The minimum absolute atomic E-state index is 0.0440. The molecule has 1 unspecified atom stereocenters. The summed E-state index contributed by atoms with van der Waals surface area (Å²) in [6.45, 7) is 0. The van der Waals surface area contributed by atoms with Crippen LogP contribution in [0.1, 0.15) is 11.6 Å². The number of hydrogen-bond acceptors (Lipinski definition) is 3. The van der Waals surface area contributed by atoms with E-state index >= 15 is 0 Å². The second-order valence-corrected chi connectivity index (χ2v) is 5.61. The number of rotatable bonds is 4. The summed E-state index contributed by atoms with van der Waals surface area (Å²) in [5.74, 6) is -1.02. The van der Waals surface area contributed by atoms with E-state index in [4.69, 9.17) is 16.3 Å². The van der Waals surface area contributed by atoms with Crippen molar-refractivity contribution in [1.29, 1.82) is 0 Å². The molecule has 1 N–H and O–H groups in total. The summed E-state index contributed by atoms with van der Waals surface area (Å²) in [6, 6.07) is 10.7. The summed E-state index contributed by atoms with van der Waals surface area (Å²) in [7, 11) is 1.29. The maximum absolute atomic E-state index is 13.3. The van der Waals surface area contributed by atoms with Gasteiger partial charge < -0.3 is 10.1 Å². The quantitative estimate of drug-likeness (QED) is 0.799. The Morgan fingerprint density at radius 2 is 2.10 bits per heavy atom. The van der Waals surface area contributed by atoms with Crippen LogP contribution in [0.15, 0.2) is 46.9 Å². The first-order chi connectivity index (χ1) is 10.0. The number of benzene rings is 2. The van der Waals surface area contributed by atoms with E-state index in [1.54, 1.807) is 0 Å². The van der Waals surface area contributed by atoms with E-state index in [0.717, 1.165) is 10.2 Å². The topological polar surface area (TPSA) is 38.3 Å². The largest absolute Gasteiger partial charge is 0.467 e. The maximum atomic E-state index is 13.3. The van der Waals surface area contributed by atoms with Crippen molar-refractivity contribution in [2.24, 2.45) is 0 Å². The summed E-state index contributed by atoms with van der Waals surface area (Å²) in [6.07, 6.45) is 0. The highest BCUT2D eigenvalue weighted by Gasteiger charge is 2.22. The highest BCUT2D eigenvalue weighted by molar-refractivity contribution is 9.10. The van der Waals surface area contributed by atoms with Crippen LogP contribution in [0, 0.1) is 5.82 Å². The SMILES string of the molecule is COC(=O)C(Nc1cccc(Br)c1)c1ccc(F)c(Cl)c1. The van der Waals surface area contributed by atoms with Crippen LogP contribution in [-0.4, -0.2) is 13.1 Å². The minimum atomic E-state index is -0.776. The average Bonchev–Trinajstić information content (AvgIpc) is 2.47. The first kappa shape index (κ1) is 15.8. The van der Waals surface area contributed by atoms with Gasteiger partial charge in [0, 0.05) is 10.2 Å². The summed E-state index contributed by atoms with van der Waals surface area (Å²) in [4.78, 5) is 12.0. The van der Waals surface area contributed by atoms with Crippen molar-refractivity contribution in [3.05, 3.63) is 63.3 Å². The first-order valence-electron chi connectivity index (χ1n) is 6.06. The molecule has 1 atom stereocenters.